The quantitative estimate of drug-likeness (QED) is 0.939. The molecule has 2 heterocycles. The van der Waals surface area contributed by atoms with Gasteiger partial charge in [-0.2, -0.15) is 5.10 Å². The maximum Gasteiger partial charge on any atom is 0.309 e. The van der Waals surface area contributed by atoms with Crippen molar-refractivity contribution < 1.29 is 9.90 Å². The van der Waals surface area contributed by atoms with Gasteiger partial charge in [0.15, 0.2) is 0 Å². The first kappa shape index (κ1) is 11.8. The summed E-state index contributed by atoms with van der Waals surface area (Å²) in [5, 5.41) is 13.1. The summed E-state index contributed by atoms with van der Waals surface area (Å²) >= 11 is 3.40. The van der Waals surface area contributed by atoms with Gasteiger partial charge in [-0.05, 0) is 28.1 Å². The van der Waals surface area contributed by atoms with Crippen LogP contribution in [-0.4, -0.2) is 25.8 Å². The van der Waals surface area contributed by atoms with Crippen molar-refractivity contribution in [1.82, 2.24) is 14.8 Å². The molecule has 0 aliphatic heterocycles. The zero-order chi connectivity index (χ0) is 12.4. The average molecular weight is 296 g/mol. The molecule has 17 heavy (non-hydrogen) atoms. The van der Waals surface area contributed by atoms with Crippen LogP contribution < -0.4 is 0 Å². The maximum atomic E-state index is 10.7. The number of halogens is 1. The molecule has 2 rings (SSSR count). The fourth-order valence-corrected chi connectivity index (χ4v) is 2.27. The molecule has 2 aromatic heterocycles. The van der Waals surface area contributed by atoms with E-state index in [-0.39, 0.29) is 6.42 Å². The molecule has 1 N–H and O–H groups in total. The molecule has 0 saturated heterocycles. The van der Waals surface area contributed by atoms with Gasteiger partial charge in [-0.25, -0.2) is 0 Å². The van der Waals surface area contributed by atoms with Crippen molar-refractivity contribution in [2.75, 3.05) is 0 Å². The van der Waals surface area contributed by atoms with Crippen LogP contribution in [0.15, 0.2) is 29.0 Å². The number of carboxylic acids is 1. The highest BCUT2D eigenvalue weighted by Gasteiger charge is 2.17. The van der Waals surface area contributed by atoms with E-state index < -0.39 is 5.97 Å². The highest BCUT2D eigenvalue weighted by Crippen LogP contribution is 2.29. The van der Waals surface area contributed by atoms with E-state index >= 15 is 0 Å². The fraction of sp³-hybridized carbons (Fsp3) is 0.182. The zero-order valence-electron chi connectivity index (χ0n) is 9.09. The molecular formula is C11H10BrN3O2. The Morgan fingerprint density at radius 2 is 2.12 bits per heavy atom. The summed E-state index contributed by atoms with van der Waals surface area (Å²) < 4.78 is 2.29. The van der Waals surface area contributed by atoms with Crippen LogP contribution in [-0.2, 0) is 18.3 Å². The first-order valence-electron chi connectivity index (χ1n) is 4.93. The smallest absolute Gasteiger partial charge is 0.309 e. The first-order valence-corrected chi connectivity index (χ1v) is 5.72. The van der Waals surface area contributed by atoms with E-state index in [1.165, 1.54) is 0 Å². The van der Waals surface area contributed by atoms with Crippen LogP contribution in [0.1, 0.15) is 5.69 Å². The van der Waals surface area contributed by atoms with Crippen molar-refractivity contribution in [3.05, 3.63) is 34.7 Å². The minimum Gasteiger partial charge on any atom is -0.481 e. The summed E-state index contributed by atoms with van der Waals surface area (Å²) in [7, 11) is 1.73. The summed E-state index contributed by atoms with van der Waals surface area (Å²) in [4.78, 5) is 14.7. The Morgan fingerprint density at radius 1 is 1.47 bits per heavy atom. The topological polar surface area (TPSA) is 68.0 Å². The summed E-state index contributed by atoms with van der Waals surface area (Å²) in [6, 6.07) is 3.66. The van der Waals surface area contributed by atoms with E-state index in [9.17, 15) is 4.79 Å². The van der Waals surface area contributed by atoms with E-state index in [0.29, 0.717) is 10.2 Å². The van der Waals surface area contributed by atoms with Gasteiger partial charge in [0.2, 0.25) is 0 Å². The molecule has 88 valence electrons. The molecule has 0 radical (unpaired) electrons. The molecule has 0 aliphatic carbocycles. The van der Waals surface area contributed by atoms with E-state index in [4.69, 9.17) is 5.11 Å². The van der Waals surface area contributed by atoms with Crippen LogP contribution in [0, 0.1) is 0 Å². The molecule has 5 nitrogen and oxygen atoms in total. The van der Waals surface area contributed by atoms with Crippen molar-refractivity contribution in [1.29, 1.82) is 0 Å². The molecular weight excluding hydrogens is 286 g/mol. The van der Waals surface area contributed by atoms with Crippen LogP contribution in [0.5, 0.6) is 0 Å². The van der Waals surface area contributed by atoms with Crippen LogP contribution in [0.25, 0.3) is 11.3 Å². The van der Waals surface area contributed by atoms with Gasteiger partial charge in [0.05, 0.1) is 16.6 Å². The number of nitrogens with zero attached hydrogens (tertiary/aromatic N) is 3. The highest BCUT2D eigenvalue weighted by molar-refractivity contribution is 9.10. The Kier molecular flexibility index (Phi) is 3.23. The number of hydrogen-bond donors (Lipinski definition) is 1. The summed E-state index contributed by atoms with van der Waals surface area (Å²) in [5.74, 6) is -0.880. The van der Waals surface area contributed by atoms with E-state index in [2.05, 4.69) is 26.0 Å². The molecule has 0 atom stereocenters. The molecule has 0 unspecified atom stereocenters. The van der Waals surface area contributed by atoms with Gasteiger partial charge in [-0.15, -0.1) is 0 Å². The lowest BCUT2D eigenvalue weighted by Crippen LogP contribution is -2.06. The van der Waals surface area contributed by atoms with Gasteiger partial charge in [-0.1, -0.05) is 0 Å². The number of carbonyl (C=O) groups is 1. The van der Waals surface area contributed by atoms with Gasteiger partial charge in [0, 0.05) is 25.0 Å². The second-order valence-electron chi connectivity index (χ2n) is 3.54. The lowest BCUT2D eigenvalue weighted by atomic mass is 10.2. The number of hydrogen-bond acceptors (Lipinski definition) is 3. The summed E-state index contributed by atoms with van der Waals surface area (Å²) in [6.45, 7) is 0. The molecule has 0 bridgehead atoms. The number of aromatic nitrogens is 3. The fourth-order valence-electron chi connectivity index (χ4n) is 1.56. The second-order valence-corrected chi connectivity index (χ2v) is 4.33. The molecule has 0 spiro atoms. The third-order valence-corrected chi connectivity index (χ3v) is 3.21. The monoisotopic (exact) mass is 295 g/mol. The summed E-state index contributed by atoms with van der Waals surface area (Å²) in [5.41, 5.74) is 2.27. The van der Waals surface area contributed by atoms with E-state index in [0.717, 1.165) is 11.3 Å². The van der Waals surface area contributed by atoms with Crippen molar-refractivity contribution in [3.63, 3.8) is 0 Å². The molecule has 0 saturated carbocycles. The van der Waals surface area contributed by atoms with E-state index in [1.54, 1.807) is 24.1 Å². The van der Waals surface area contributed by atoms with Gasteiger partial charge in [0.1, 0.15) is 5.69 Å². The number of pyridine rings is 1. The van der Waals surface area contributed by atoms with E-state index in [1.807, 2.05) is 12.1 Å². The highest BCUT2D eigenvalue weighted by atomic mass is 79.9. The lowest BCUT2D eigenvalue weighted by molar-refractivity contribution is -0.136. The maximum absolute atomic E-state index is 10.7. The molecule has 0 fully saturated rings. The van der Waals surface area contributed by atoms with Gasteiger partial charge >= 0.3 is 5.97 Å². The number of rotatable bonds is 3. The Morgan fingerprint density at radius 3 is 2.71 bits per heavy atom. The van der Waals surface area contributed by atoms with Crippen molar-refractivity contribution in [3.8, 4) is 11.3 Å². The normalized spacial score (nSPS) is 10.5. The Bertz CT molecular complexity index is 551. The van der Waals surface area contributed by atoms with Gasteiger partial charge < -0.3 is 5.11 Å². The summed E-state index contributed by atoms with van der Waals surface area (Å²) in [6.07, 6.45) is 3.29. The second kappa shape index (κ2) is 4.67. The number of aliphatic carboxylic acids is 1. The molecule has 0 aliphatic rings. The van der Waals surface area contributed by atoms with Crippen LogP contribution >= 0.6 is 15.9 Å². The average Bonchev–Trinajstić information content (AvgIpc) is 2.58. The number of aryl methyl sites for hydroxylation is 1. The van der Waals surface area contributed by atoms with Gasteiger partial charge in [-0.3, -0.25) is 14.5 Å². The van der Waals surface area contributed by atoms with Crippen LogP contribution in [0.3, 0.4) is 0 Å². The van der Waals surface area contributed by atoms with Crippen molar-refractivity contribution >= 4 is 21.9 Å². The molecule has 6 heteroatoms. The minimum atomic E-state index is -0.880. The Balaban J connectivity index is 2.48. The third-order valence-electron chi connectivity index (χ3n) is 2.37. The lowest BCUT2D eigenvalue weighted by Gasteiger charge is -1.97. The van der Waals surface area contributed by atoms with Gasteiger partial charge in [0.25, 0.3) is 0 Å². The third kappa shape index (κ3) is 2.36. The predicted octanol–water partition coefficient (Wildman–Crippen LogP) is 1.87. The molecule has 0 aromatic carbocycles. The minimum absolute atomic E-state index is 0.0604. The first-order chi connectivity index (χ1) is 8.09. The number of carboxylic acid groups (broad SMARTS) is 1. The van der Waals surface area contributed by atoms with Crippen LogP contribution in [0.4, 0.5) is 0 Å². The molecule has 0 amide bonds. The Labute approximate surface area is 106 Å². The Hall–Kier alpha value is -1.69. The largest absolute Gasteiger partial charge is 0.481 e. The molecule has 2 aromatic rings. The SMILES string of the molecule is Cn1nc(-c2ccncc2)c(Br)c1CC(=O)O. The predicted molar refractivity (Wildman–Crippen MR) is 65.5 cm³/mol. The van der Waals surface area contributed by atoms with Crippen molar-refractivity contribution in [2.24, 2.45) is 7.05 Å². The van der Waals surface area contributed by atoms with Crippen molar-refractivity contribution in [2.45, 2.75) is 6.42 Å². The standard InChI is InChI=1S/C11H10BrN3O2/c1-15-8(6-9(16)17)10(12)11(14-15)7-2-4-13-5-3-7/h2-5H,6H2,1H3,(H,16,17). The van der Waals surface area contributed by atoms with Crippen LogP contribution in [0.2, 0.25) is 0 Å². The zero-order valence-corrected chi connectivity index (χ0v) is 10.7.